The van der Waals surface area contributed by atoms with Gasteiger partial charge in [0.2, 0.25) is 0 Å². The third-order valence-corrected chi connectivity index (χ3v) is 1.51. The maximum Gasteiger partial charge on any atom is 0.178 e. The van der Waals surface area contributed by atoms with Crippen LogP contribution in [0.1, 0.15) is 12.6 Å². The summed E-state index contributed by atoms with van der Waals surface area (Å²) in [5.41, 5.74) is 1.32. The van der Waals surface area contributed by atoms with Crippen molar-refractivity contribution in [3.05, 3.63) is 30.1 Å². The van der Waals surface area contributed by atoms with Crippen LogP contribution < -0.4 is 4.57 Å². The second-order valence-corrected chi connectivity index (χ2v) is 2.13. The van der Waals surface area contributed by atoms with Gasteiger partial charge in [0, 0.05) is 19.1 Å². The first kappa shape index (κ1) is 6.27. The molecule has 0 aliphatic rings. The summed E-state index contributed by atoms with van der Waals surface area (Å²) < 4.78 is 2.21. The number of aromatic nitrogens is 1. The zero-order valence-electron chi connectivity index (χ0n) is 5.96. The molecule has 0 fully saturated rings. The normalized spacial score (nSPS) is 9.56. The van der Waals surface area contributed by atoms with Gasteiger partial charge in [0.1, 0.15) is 6.54 Å². The van der Waals surface area contributed by atoms with E-state index in [1.807, 2.05) is 0 Å². The molecule has 0 radical (unpaired) electrons. The van der Waals surface area contributed by atoms with Crippen molar-refractivity contribution in [2.45, 2.75) is 20.4 Å². The first-order valence-electron chi connectivity index (χ1n) is 3.29. The van der Waals surface area contributed by atoms with Gasteiger partial charge in [0.15, 0.2) is 11.9 Å². The quantitative estimate of drug-likeness (QED) is 0.494. The summed E-state index contributed by atoms with van der Waals surface area (Å²) in [7, 11) is 0. The van der Waals surface area contributed by atoms with Crippen LogP contribution in [0, 0.1) is 6.92 Å². The summed E-state index contributed by atoms with van der Waals surface area (Å²) in [6.45, 7) is 5.32. The van der Waals surface area contributed by atoms with Gasteiger partial charge in [-0.25, -0.2) is 4.57 Å². The Labute approximate surface area is 56.0 Å². The van der Waals surface area contributed by atoms with Gasteiger partial charge in [-0.05, 0) is 6.92 Å². The zero-order valence-corrected chi connectivity index (χ0v) is 5.96. The number of nitrogens with zero attached hydrogens (tertiary/aromatic N) is 1. The third-order valence-electron chi connectivity index (χ3n) is 1.51. The molecule has 1 heteroatoms. The van der Waals surface area contributed by atoms with E-state index in [1.54, 1.807) is 0 Å². The molecule has 1 rings (SSSR count). The summed E-state index contributed by atoms with van der Waals surface area (Å²) >= 11 is 0. The van der Waals surface area contributed by atoms with Crippen LogP contribution in [0.2, 0.25) is 0 Å². The van der Waals surface area contributed by atoms with Crippen LogP contribution in [0.15, 0.2) is 24.4 Å². The molecule has 0 bridgehead atoms. The Morgan fingerprint density at radius 1 is 1.44 bits per heavy atom. The molecule has 0 amide bonds. The van der Waals surface area contributed by atoms with Crippen LogP contribution in [-0.2, 0) is 6.54 Å². The van der Waals surface area contributed by atoms with E-state index < -0.39 is 0 Å². The number of hydrogen-bond acceptors (Lipinski definition) is 0. The standard InChI is InChI=1S/C8H12N/c1-3-9-7-5-4-6-8(9)2/h4-7H,3H2,1-2H3/q+1. The summed E-state index contributed by atoms with van der Waals surface area (Å²) in [6, 6.07) is 6.22. The molecule has 1 nitrogen and oxygen atoms in total. The molecule has 0 unspecified atom stereocenters. The molecule has 0 aromatic carbocycles. The van der Waals surface area contributed by atoms with Gasteiger partial charge < -0.3 is 0 Å². The molecule has 0 N–H and O–H groups in total. The predicted octanol–water partition coefficient (Wildman–Crippen LogP) is 1.30. The fourth-order valence-corrected chi connectivity index (χ4v) is 0.917. The van der Waals surface area contributed by atoms with Gasteiger partial charge in [0.25, 0.3) is 0 Å². The van der Waals surface area contributed by atoms with E-state index in [-0.39, 0.29) is 0 Å². The van der Waals surface area contributed by atoms with E-state index in [1.165, 1.54) is 5.69 Å². The topological polar surface area (TPSA) is 3.88 Å². The molecule has 0 saturated carbocycles. The molecule has 0 aliphatic heterocycles. The number of pyridine rings is 1. The zero-order chi connectivity index (χ0) is 6.69. The van der Waals surface area contributed by atoms with E-state index in [9.17, 15) is 0 Å². The monoisotopic (exact) mass is 122 g/mol. The first-order valence-corrected chi connectivity index (χ1v) is 3.29. The van der Waals surface area contributed by atoms with Crippen molar-refractivity contribution in [1.82, 2.24) is 0 Å². The lowest BCUT2D eigenvalue weighted by molar-refractivity contribution is -0.699. The fourth-order valence-electron chi connectivity index (χ4n) is 0.917. The average molecular weight is 122 g/mol. The lowest BCUT2D eigenvalue weighted by atomic mass is 10.4. The smallest absolute Gasteiger partial charge is 0.178 e. The van der Waals surface area contributed by atoms with Gasteiger partial charge in [0.05, 0.1) is 0 Å². The van der Waals surface area contributed by atoms with E-state index in [4.69, 9.17) is 0 Å². The van der Waals surface area contributed by atoms with Gasteiger partial charge in [-0.2, -0.15) is 0 Å². The van der Waals surface area contributed by atoms with Crippen molar-refractivity contribution >= 4 is 0 Å². The first-order chi connectivity index (χ1) is 4.34. The Balaban J connectivity index is 3.01. The van der Waals surface area contributed by atoms with Crippen LogP contribution in [0.4, 0.5) is 0 Å². The van der Waals surface area contributed by atoms with Crippen LogP contribution >= 0.6 is 0 Å². The van der Waals surface area contributed by atoms with Crippen LogP contribution in [0.5, 0.6) is 0 Å². The Kier molecular flexibility index (Phi) is 1.83. The summed E-state index contributed by atoms with van der Waals surface area (Å²) in [5.74, 6) is 0. The molecular formula is C8H12N+. The Morgan fingerprint density at radius 3 is 2.67 bits per heavy atom. The second-order valence-electron chi connectivity index (χ2n) is 2.13. The van der Waals surface area contributed by atoms with Crippen molar-refractivity contribution in [2.75, 3.05) is 0 Å². The molecule has 1 heterocycles. The summed E-state index contributed by atoms with van der Waals surface area (Å²) in [4.78, 5) is 0. The van der Waals surface area contributed by atoms with Crippen molar-refractivity contribution in [1.29, 1.82) is 0 Å². The number of aryl methyl sites for hydroxylation is 2. The van der Waals surface area contributed by atoms with Crippen LogP contribution in [0.3, 0.4) is 0 Å². The highest BCUT2D eigenvalue weighted by Crippen LogP contribution is 1.85. The molecule has 1 aromatic heterocycles. The average Bonchev–Trinajstić information content (AvgIpc) is 1.89. The van der Waals surface area contributed by atoms with Crippen molar-refractivity contribution < 1.29 is 4.57 Å². The van der Waals surface area contributed by atoms with E-state index >= 15 is 0 Å². The Morgan fingerprint density at radius 2 is 2.22 bits per heavy atom. The lowest BCUT2D eigenvalue weighted by Crippen LogP contribution is -2.34. The summed E-state index contributed by atoms with van der Waals surface area (Å²) in [6.07, 6.45) is 2.09. The molecule has 48 valence electrons. The minimum atomic E-state index is 1.06. The molecule has 0 spiro atoms. The van der Waals surface area contributed by atoms with Crippen molar-refractivity contribution in [2.24, 2.45) is 0 Å². The highest BCUT2D eigenvalue weighted by Gasteiger charge is 1.96. The van der Waals surface area contributed by atoms with Gasteiger partial charge >= 0.3 is 0 Å². The number of hydrogen-bond donors (Lipinski definition) is 0. The SMILES string of the molecule is CC[n+]1ccccc1C. The molecule has 0 aliphatic carbocycles. The van der Waals surface area contributed by atoms with E-state index in [0.717, 1.165) is 6.54 Å². The Bertz CT molecular complexity index is 194. The maximum atomic E-state index is 2.21. The van der Waals surface area contributed by atoms with Gasteiger partial charge in [-0.15, -0.1) is 0 Å². The Hall–Kier alpha value is -0.850. The lowest BCUT2D eigenvalue weighted by Gasteiger charge is -1.92. The minimum Gasteiger partial charge on any atom is -0.203 e. The largest absolute Gasteiger partial charge is 0.203 e. The van der Waals surface area contributed by atoms with Crippen LogP contribution in [-0.4, -0.2) is 0 Å². The van der Waals surface area contributed by atoms with Gasteiger partial charge in [-0.1, -0.05) is 6.07 Å². The highest BCUT2D eigenvalue weighted by molar-refractivity contribution is 4.93. The summed E-state index contributed by atoms with van der Waals surface area (Å²) in [5, 5.41) is 0. The molecule has 9 heavy (non-hydrogen) atoms. The molecule has 1 aromatic rings. The van der Waals surface area contributed by atoms with Crippen molar-refractivity contribution in [3.63, 3.8) is 0 Å². The van der Waals surface area contributed by atoms with E-state index in [0.29, 0.717) is 0 Å². The molecule has 0 atom stereocenters. The number of rotatable bonds is 1. The third kappa shape index (κ3) is 1.28. The molecule has 0 saturated heterocycles. The second kappa shape index (κ2) is 2.62. The fraction of sp³-hybridized carbons (Fsp3) is 0.375. The highest BCUT2D eigenvalue weighted by atomic mass is 14.9. The molecular weight excluding hydrogens is 110 g/mol. The van der Waals surface area contributed by atoms with E-state index in [2.05, 4.69) is 42.8 Å². The predicted molar refractivity (Wildman–Crippen MR) is 37.0 cm³/mol. The van der Waals surface area contributed by atoms with Gasteiger partial charge in [-0.3, -0.25) is 0 Å². The maximum absolute atomic E-state index is 2.21. The van der Waals surface area contributed by atoms with Crippen LogP contribution in [0.25, 0.3) is 0 Å². The minimum absolute atomic E-state index is 1.06. The van der Waals surface area contributed by atoms with Crippen molar-refractivity contribution in [3.8, 4) is 0 Å².